The average molecular weight is 498 g/mol. The molecule has 0 bridgehead atoms. The summed E-state index contributed by atoms with van der Waals surface area (Å²) in [6.07, 6.45) is 8.25. The van der Waals surface area contributed by atoms with Crippen LogP contribution in [0.3, 0.4) is 0 Å². The third-order valence-corrected chi connectivity index (χ3v) is 8.49. The van der Waals surface area contributed by atoms with Crippen LogP contribution in [-0.2, 0) is 16.5 Å². The number of rotatable bonds is 13. The van der Waals surface area contributed by atoms with Crippen molar-refractivity contribution in [1.82, 2.24) is 5.32 Å². The predicted octanol–water partition coefficient (Wildman–Crippen LogP) is 6.40. The minimum absolute atomic E-state index is 0.121. The monoisotopic (exact) mass is 497 g/mol. The first-order chi connectivity index (χ1) is 15.8. The number of hydrogen-bond donors (Lipinski definition) is 3. The van der Waals surface area contributed by atoms with Gasteiger partial charge in [-0.25, -0.2) is 8.78 Å². The van der Waals surface area contributed by atoms with Gasteiger partial charge in [-0.2, -0.15) is 0 Å². The summed E-state index contributed by atoms with van der Waals surface area (Å²) in [5.41, 5.74) is 1.94. The molecule has 0 unspecified atom stereocenters. The van der Waals surface area contributed by atoms with Crippen molar-refractivity contribution in [1.29, 1.82) is 0 Å². The molecule has 0 aromatic heterocycles. The lowest BCUT2D eigenvalue weighted by Crippen LogP contribution is -2.21. The summed E-state index contributed by atoms with van der Waals surface area (Å²) in [5.74, 6) is -0.137. The summed E-state index contributed by atoms with van der Waals surface area (Å²) in [6.45, 7) is 0.448. The van der Waals surface area contributed by atoms with Gasteiger partial charge in [-0.3, -0.25) is 4.57 Å². The Morgan fingerprint density at radius 3 is 2.42 bits per heavy atom. The molecular weight excluding hydrogens is 463 g/mol. The van der Waals surface area contributed by atoms with Crippen molar-refractivity contribution in [3.05, 3.63) is 65.2 Å². The van der Waals surface area contributed by atoms with Crippen LogP contribution in [0, 0.1) is 11.6 Å². The fraction of sp³-hybridized carbons (Fsp3) is 0.520. The number of benzene rings is 2. The molecular formula is C25H34F2NO3PS. The van der Waals surface area contributed by atoms with Crippen molar-refractivity contribution in [3.8, 4) is 0 Å². The van der Waals surface area contributed by atoms with E-state index in [9.17, 15) is 13.3 Å². The quantitative estimate of drug-likeness (QED) is 0.170. The largest absolute Gasteiger partial charge is 0.325 e. The molecule has 0 saturated heterocycles. The second-order valence-corrected chi connectivity index (χ2v) is 11.9. The zero-order chi connectivity index (χ0) is 23.7. The molecule has 1 aliphatic rings. The lowest BCUT2D eigenvalue weighted by molar-refractivity contribution is 0.371. The van der Waals surface area contributed by atoms with Gasteiger partial charge in [0.05, 0.1) is 6.16 Å². The van der Waals surface area contributed by atoms with E-state index in [1.165, 1.54) is 55.1 Å². The molecule has 182 valence electrons. The van der Waals surface area contributed by atoms with Crippen LogP contribution in [0.2, 0.25) is 0 Å². The number of unbranched alkanes of at least 4 members (excludes halogenated alkanes) is 1. The maximum Gasteiger partial charge on any atom is 0.325 e. The first-order valence-corrected chi connectivity index (χ1v) is 14.5. The van der Waals surface area contributed by atoms with Gasteiger partial charge in [-0.15, -0.1) is 11.8 Å². The highest BCUT2D eigenvalue weighted by Crippen LogP contribution is 2.45. The molecule has 2 aromatic rings. The van der Waals surface area contributed by atoms with Crippen LogP contribution < -0.4 is 5.32 Å². The van der Waals surface area contributed by atoms with Gasteiger partial charge < -0.3 is 15.1 Å². The maximum absolute atomic E-state index is 14.5. The second kappa shape index (κ2) is 12.5. The lowest BCUT2D eigenvalue weighted by Gasteiger charge is -2.30. The minimum Gasteiger partial charge on any atom is -0.324 e. The summed E-state index contributed by atoms with van der Waals surface area (Å²) in [4.78, 5) is 18.0. The van der Waals surface area contributed by atoms with Crippen LogP contribution in [0.1, 0.15) is 62.5 Å². The third kappa shape index (κ3) is 8.18. The molecule has 1 saturated carbocycles. The molecule has 0 atom stereocenters. The summed E-state index contributed by atoms with van der Waals surface area (Å²) in [7, 11) is -4.02. The normalized spacial score (nSPS) is 15.8. The summed E-state index contributed by atoms with van der Waals surface area (Å²) in [5, 5.41) is 2.91. The molecule has 0 aliphatic heterocycles. The minimum atomic E-state index is -4.02. The zero-order valence-electron chi connectivity index (χ0n) is 18.9. The summed E-state index contributed by atoms with van der Waals surface area (Å²) < 4.78 is 39.7. The van der Waals surface area contributed by atoms with Gasteiger partial charge >= 0.3 is 7.60 Å². The average Bonchev–Trinajstić information content (AvgIpc) is 3.26. The Balaban J connectivity index is 1.43. The Bertz CT molecular complexity index is 933. The molecule has 1 aliphatic carbocycles. The zero-order valence-corrected chi connectivity index (χ0v) is 20.7. The topological polar surface area (TPSA) is 69.6 Å². The third-order valence-electron chi connectivity index (χ3n) is 6.47. The number of hydrogen-bond acceptors (Lipinski definition) is 3. The number of nitrogens with one attached hydrogen (secondary N) is 1. The van der Waals surface area contributed by atoms with Crippen molar-refractivity contribution in [2.75, 3.05) is 18.5 Å². The van der Waals surface area contributed by atoms with E-state index in [-0.39, 0.29) is 30.1 Å². The van der Waals surface area contributed by atoms with Gasteiger partial charge in [0.2, 0.25) is 0 Å². The highest BCUT2D eigenvalue weighted by Gasteiger charge is 2.34. The molecule has 1 fully saturated rings. The van der Waals surface area contributed by atoms with Gasteiger partial charge in [0.25, 0.3) is 0 Å². The molecule has 3 rings (SSSR count). The standard InChI is InChI=1S/C25H34F2NO3PS/c26-22-18-24(23(27)17-20(22)19-28-14-8-15-32(29,30)31)33-16-7-6-13-25(11-4-5-12-25)21-9-2-1-3-10-21/h1-3,9-10,17-18,28H,4-8,11-16,19H2,(H2,29,30,31). The van der Waals surface area contributed by atoms with Crippen LogP contribution >= 0.6 is 19.4 Å². The van der Waals surface area contributed by atoms with Crippen LogP contribution in [0.25, 0.3) is 0 Å². The van der Waals surface area contributed by atoms with E-state index in [1.54, 1.807) is 0 Å². The molecule has 3 N–H and O–H groups in total. The molecule has 0 amide bonds. The molecule has 0 heterocycles. The van der Waals surface area contributed by atoms with Crippen molar-refractivity contribution < 1.29 is 23.1 Å². The van der Waals surface area contributed by atoms with Gasteiger partial charge in [0, 0.05) is 17.0 Å². The number of thioether (sulfide) groups is 1. The first-order valence-electron chi connectivity index (χ1n) is 11.7. The van der Waals surface area contributed by atoms with Crippen molar-refractivity contribution in [2.45, 2.75) is 68.2 Å². The SMILES string of the molecule is O=P(O)(O)CCCNCc1cc(F)c(SCCCCC2(c3ccccc3)CCCC2)cc1F. The Kier molecular flexibility index (Phi) is 9.95. The molecule has 0 spiro atoms. The molecule has 33 heavy (non-hydrogen) atoms. The Labute approximate surface area is 199 Å². The van der Waals surface area contributed by atoms with Crippen LogP contribution in [0.5, 0.6) is 0 Å². The number of halogens is 2. The fourth-order valence-corrected chi connectivity index (χ4v) is 6.25. The van der Waals surface area contributed by atoms with Crippen molar-refractivity contribution in [3.63, 3.8) is 0 Å². The Hall–Kier alpha value is -1.24. The highest BCUT2D eigenvalue weighted by molar-refractivity contribution is 7.99. The van der Waals surface area contributed by atoms with Gasteiger partial charge in [-0.1, -0.05) is 49.6 Å². The van der Waals surface area contributed by atoms with Crippen LogP contribution in [0.15, 0.2) is 47.4 Å². The van der Waals surface area contributed by atoms with E-state index >= 15 is 0 Å². The van der Waals surface area contributed by atoms with E-state index in [0.29, 0.717) is 11.4 Å². The Morgan fingerprint density at radius 2 is 1.73 bits per heavy atom. The van der Waals surface area contributed by atoms with Crippen LogP contribution in [-0.4, -0.2) is 28.2 Å². The lowest BCUT2D eigenvalue weighted by atomic mass is 9.75. The Morgan fingerprint density at radius 1 is 1.00 bits per heavy atom. The second-order valence-electron chi connectivity index (χ2n) is 8.95. The maximum atomic E-state index is 14.5. The molecule has 8 heteroatoms. The smallest absolute Gasteiger partial charge is 0.324 e. The first kappa shape index (κ1) is 26.4. The highest BCUT2D eigenvalue weighted by atomic mass is 32.2. The molecule has 4 nitrogen and oxygen atoms in total. The van der Waals surface area contributed by atoms with E-state index in [2.05, 4.69) is 35.6 Å². The van der Waals surface area contributed by atoms with Crippen LogP contribution in [0.4, 0.5) is 8.78 Å². The van der Waals surface area contributed by atoms with Gasteiger partial charge in [0.15, 0.2) is 0 Å². The summed E-state index contributed by atoms with van der Waals surface area (Å²) >= 11 is 1.36. The van der Waals surface area contributed by atoms with E-state index in [0.717, 1.165) is 25.0 Å². The van der Waals surface area contributed by atoms with Crippen molar-refractivity contribution in [2.24, 2.45) is 0 Å². The fourth-order valence-electron chi connectivity index (χ4n) is 4.72. The van der Waals surface area contributed by atoms with Crippen molar-refractivity contribution >= 4 is 19.4 Å². The van der Waals surface area contributed by atoms with E-state index in [4.69, 9.17) is 9.79 Å². The molecule has 2 aromatic carbocycles. The van der Waals surface area contributed by atoms with E-state index in [1.807, 2.05) is 0 Å². The summed E-state index contributed by atoms with van der Waals surface area (Å²) in [6, 6.07) is 13.3. The van der Waals surface area contributed by atoms with Gasteiger partial charge in [-0.05, 0) is 67.5 Å². The van der Waals surface area contributed by atoms with E-state index < -0.39 is 19.2 Å². The van der Waals surface area contributed by atoms with Gasteiger partial charge in [0.1, 0.15) is 11.6 Å². The molecule has 0 radical (unpaired) electrons. The predicted molar refractivity (Wildman–Crippen MR) is 131 cm³/mol.